The molecule has 2 rings (SSSR count). The van der Waals surface area contributed by atoms with E-state index in [1.165, 1.54) is 0 Å². The van der Waals surface area contributed by atoms with Gasteiger partial charge in [0.05, 0.1) is 12.3 Å². The fourth-order valence-electron chi connectivity index (χ4n) is 2.03. The lowest BCUT2D eigenvalue weighted by atomic mass is 10.0. The smallest absolute Gasteiger partial charge is 0.239 e. The van der Waals surface area contributed by atoms with E-state index < -0.39 is 0 Å². The molecule has 0 fully saturated rings. The maximum absolute atomic E-state index is 5.88. The molecule has 0 spiro atoms. The molecule has 0 saturated heterocycles. The van der Waals surface area contributed by atoms with Gasteiger partial charge in [0, 0.05) is 6.04 Å². The van der Waals surface area contributed by atoms with E-state index in [0.29, 0.717) is 30.1 Å². The molecule has 0 amide bonds. The minimum absolute atomic E-state index is 0.457. The number of anilines is 2. The van der Waals surface area contributed by atoms with E-state index in [9.17, 15) is 0 Å². The summed E-state index contributed by atoms with van der Waals surface area (Å²) in [4.78, 5) is 4.46. The van der Waals surface area contributed by atoms with Crippen molar-refractivity contribution in [2.75, 3.05) is 17.7 Å². The standard InChI is InChI=1S/C15H23N3O/c1-11(2)10-19-15-13(16)8-9-14(18-15)17-12-6-4-3-5-7-12/h3-4,8-9,11-12H,5-7,10,16H2,1-2H3,(H,17,18). The highest BCUT2D eigenvalue weighted by molar-refractivity contribution is 5.53. The minimum atomic E-state index is 0.457. The van der Waals surface area contributed by atoms with Crippen molar-refractivity contribution in [3.63, 3.8) is 0 Å². The van der Waals surface area contributed by atoms with Crippen LogP contribution in [0, 0.1) is 5.92 Å². The number of aromatic nitrogens is 1. The molecule has 4 nitrogen and oxygen atoms in total. The summed E-state index contributed by atoms with van der Waals surface area (Å²) in [6.45, 7) is 4.84. The summed E-state index contributed by atoms with van der Waals surface area (Å²) in [6.07, 6.45) is 7.77. The molecule has 1 aliphatic carbocycles. The zero-order valence-electron chi connectivity index (χ0n) is 11.7. The largest absolute Gasteiger partial charge is 0.476 e. The first kappa shape index (κ1) is 13.7. The lowest BCUT2D eigenvalue weighted by Gasteiger charge is -2.20. The van der Waals surface area contributed by atoms with Gasteiger partial charge in [-0.1, -0.05) is 26.0 Å². The maximum atomic E-state index is 5.88. The summed E-state index contributed by atoms with van der Waals surface area (Å²) in [7, 11) is 0. The number of hydrogen-bond donors (Lipinski definition) is 2. The third kappa shape index (κ3) is 4.16. The monoisotopic (exact) mass is 261 g/mol. The Morgan fingerprint density at radius 3 is 2.95 bits per heavy atom. The van der Waals surface area contributed by atoms with E-state index in [1.807, 2.05) is 12.1 Å². The second-order valence-electron chi connectivity index (χ2n) is 5.42. The van der Waals surface area contributed by atoms with Gasteiger partial charge in [0.25, 0.3) is 0 Å². The molecule has 0 radical (unpaired) electrons. The van der Waals surface area contributed by atoms with Crippen LogP contribution in [-0.4, -0.2) is 17.6 Å². The number of nitrogens with one attached hydrogen (secondary N) is 1. The van der Waals surface area contributed by atoms with Gasteiger partial charge in [-0.05, 0) is 37.3 Å². The Morgan fingerprint density at radius 2 is 2.26 bits per heavy atom. The molecule has 1 aromatic rings. The van der Waals surface area contributed by atoms with Crippen molar-refractivity contribution >= 4 is 11.5 Å². The van der Waals surface area contributed by atoms with Crippen molar-refractivity contribution in [3.05, 3.63) is 24.3 Å². The zero-order chi connectivity index (χ0) is 13.7. The van der Waals surface area contributed by atoms with E-state index in [2.05, 4.69) is 36.3 Å². The first-order chi connectivity index (χ1) is 9.15. The van der Waals surface area contributed by atoms with E-state index in [4.69, 9.17) is 10.5 Å². The summed E-state index contributed by atoms with van der Waals surface area (Å²) in [5.41, 5.74) is 6.47. The van der Waals surface area contributed by atoms with Crippen molar-refractivity contribution in [2.45, 2.75) is 39.2 Å². The average molecular weight is 261 g/mol. The number of allylic oxidation sites excluding steroid dienone is 1. The Hall–Kier alpha value is -1.71. The molecular formula is C15H23N3O. The molecule has 1 heterocycles. The summed E-state index contributed by atoms with van der Waals surface area (Å²) in [5.74, 6) is 1.83. The van der Waals surface area contributed by atoms with Crippen LogP contribution < -0.4 is 15.8 Å². The van der Waals surface area contributed by atoms with Crippen LogP contribution >= 0.6 is 0 Å². The van der Waals surface area contributed by atoms with E-state index >= 15 is 0 Å². The fourth-order valence-corrected chi connectivity index (χ4v) is 2.03. The number of nitrogens with zero attached hydrogens (tertiary/aromatic N) is 1. The Bertz CT molecular complexity index is 443. The van der Waals surface area contributed by atoms with Gasteiger partial charge in [-0.2, -0.15) is 4.98 Å². The van der Waals surface area contributed by atoms with Crippen molar-refractivity contribution in [2.24, 2.45) is 5.92 Å². The highest BCUT2D eigenvalue weighted by Gasteiger charge is 2.11. The van der Waals surface area contributed by atoms with E-state index in [0.717, 1.165) is 25.1 Å². The number of nitrogen functional groups attached to an aromatic ring is 1. The van der Waals surface area contributed by atoms with Gasteiger partial charge in [0.15, 0.2) is 0 Å². The zero-order valence-corrected chi connectivity index (χ0v) is 11.7. The second kappa shape index (κ2) is 6.45. The van der Waals surface area contributed by atoms with Crippen LogP contribution in [0.5, 0.6) is 5.88 Å². The van der Waals surface area contributed by atoms with Crippen molar-refractivity contribution < 1.29 is 4.74 Å². The Balaban J connectivity index is 2.00. The van der Waals surface area contributed by atoms with Crippen molar-refractivity contribution in [1.29, 1.82) is 0 Å². The molecule has 0 bridgehead atoms. The molecule has 1 unspecified atom stereocenters. The molecule has 19 heavy (non-hydrogen) atoms. The highest BCUT2D eigenvalue weighted by Crippen LogP contribution is 2.23. The quantitative estimate of drug-likeness (QED) is 0.799. The lowest BCUT2D eigenvalue weighted by Crippen LogP contribution is -2.21. The molecule has 0 aliphatic heterocycles. The van der Waals surface area contributed by atoms with Crippen molar-refractivity contribution in [1.82, 2.24) is 4.98 Å². The van der Waals surface area contributed by atoms with Gasteiger partial charge >= 0.3 is 0 Å². The van der Waals surface area contributed by atoms with E-state index in [-0.39, 0.29) is 0 Å². The molecule has 1 atom stereocenters. The van der Waals surface area contributed by atoms with Gasteiger partial charge in [0.2, 0.25) is 5.88 Å². The molecular weight excluding hydrogens is 238 g/mol. The number of ether oxygens (including phenoxy) is 1. The predicted octanol–water partition coefficient (Wildman–Crippen LogP) is 3.22. The highest BCUT2D eigenvalue weighted by atomic mass is 16.5. The number of nitrogens with two attached hydrogens (primary N) is 1. The summed E-state index contributed by atoms with van der Waals surface area (Å²) >= 11 is 0. The summed E-state index contributed by atoms with van der Waals surface area (Å²) in [6, 6.07) is 4.22. The Labute approximate surface area is 115 Å². The molecule has 4 heteroatoms. The summed E-state index contributed by atoms with van der Waals surface area (Å²) in [5, 5.41) is 3.44. The topological polar surface area (TPSA) is 60.2 Å². The Morgan fingerprint density at radius 1 is 1.42 bits per heavy atom. The lowest BCUT2D eigenvalue weighted by molar-refractivity contribution is 0.263. The van der Waals surface area contributed by atoms with Crippen LogP contribution in [0.2, 0.25) is 0 Å². The fraction of sp³-hybridized carbons (Fsp3) is 0.533. The Kier molecular flexibility index (Phi) is 4.66. The molecule has 1 aromatic heterocycles. The first-order valence-corrected chi connectivity index (χ1v) is 6.96. The first-order valence-electron chi connectivity index (χ1n) is 6.96. The van der Waals surface area contributed by atoms with Crippen LogP contribution in [0.25, 0.3) is 0 Å². The van der Waals surface area contributed by atoms with Crippen LogP contribution in [0.4, 0.5) is 11.5 Å². The van der Waals surface area contributed by atoms with Gasteiger partial charge in [-0.3, -0.25) is 0 Å². The number of rotatable bonds is 5. The van der Waals surface area contributed by atoms with Gasteiger partial charge < -0.3 is 15.8 Å². The molecule has 104 valence electrons. The average Bonchev–Trinajstić information content (AvgIpc) is 2.40. The SMILES string of the molecule is CC(C)COc1nc(NC2CC=CCC2)ccc1N. The number of pyridine rings is 1. The van der Waals surface area contributed by atoms with Crippen molar-refractivity contribution in [3.8, 4) is 5.88 Å². The van der Waals surface area contributed by atoms with Crippen LogP contribution in [-0.2, 0) is 0 Å². The second-order valence-corrected chi connectivity index (χ2v) is 5.42. The molecule has 0 saturated carbocycles. The maximum Gasteiger partial charge on any atom is 0.239 e. The number of hydrogen-bond acceptors (Lipinski definition) is 4. The van der Waals surface area contributed by atoms with Crippen LogP contribution in [0.1, 0.15) is 33.1 Å². The van der Waals surface area contributed by atoms with Gasteiger partial charge in [-0.25, -0.2) is 0 Å². The predicted molar refractivity (Wildman–Crippen MR) is 79.4 cm³/mol. The van der Waals surface area contributed by atoms with Gasteiger partial charge in [-0.15, -0.1) is 0 Å². The summed E-state index contributed by atoms with van der Waals surface area (Å²) < 4.78 is 5.64. The minimum Gasteiger partial charge on any atom is -0.476 e. The normalized spacial score (nSPS) is 18.6. The van der Waals surface area contributed by atoms with Crippen LogP contribution in [0.3, 0.4) is 0 Å². The molecule has 1 aliphatic rings. The third-order valence-electron chi connectivity index (χ3n) is 3.06. The molecule has 3 N–H and O–H groups in total. The van der Waals surface area contributed by atoms with Crippen LogP contribution in [0.15, 0.2) is 24.3 Å². The van der Waals surface area contributed by atoms with Gasteiger partial charge in [0.1, 0.15) is 5.82 Å². The van der Waals surface area contributed by atoms with E-state index in [1.54, 1.807) is 0 Å². The molecule has 0 aromatic carbocycles. The third-order valence-corrected chi connectivity index (χ3v) is 3.06.